The number of aromatic nitrogens is 2. The predicted molar refractivity (Wildman–Crippen MR) is 106 cm³/mol. The van der Waals surface area contributed by atoms with E-state index in [9.17, 15) is 4.79 Å². The van der Waals surface area contributed by atoms with Gasteiger partial charge in [0, 0.05) is 23.0 Å². The Bertz CT molecular complexity index is 905. The average Bonchev–Trinajstić information content (AvgIpc) is 3.31. The molecule has 1 aromatic heterocycles. The molecule has 0 spiro atoms. The van der Waals surface area contributed by atoms with Gasteiger partial charge < -0.3 is 5.32 Å². The molecule has 132 valence electrons. The lowest BCUT2D eigenvalue weighted by Gasteiger charge is -2.08. The lowest BCUT2D eigenvalue weighted by molar-refractivity contribution is -0.113. The van der Waals surface area contributed by atoms with E-state index in [1.807, 2.05) is 41.2 Å². The molecule has 0 radical (unpaired) electrons. The highest BCUT2D eigenvalue weighted by Crippen LogP contribution is 2.27. The SMILES string of the molecule is O=C(CSc1ccc2c(c1)CCC2)Nc1cccc(Cn2cccn2)c1. The summed E-state index contributed by atoms with van der Waals surface area (Å²) < 4.78 is 1.87. The zero-order valence-electron chi connectivity index (χ0n) is 14.5. The number of nitrogens with zero attached hydrogens (tertiary/aromatic N) is 2. The number of hydrogen-bond acceptors (Lipinski definition) is 3. The molecule has 1 aliphatic rings. The van der Waals surface area contributed by atoms with Gasteiger partial charge >= 0.3 is 0 Å². The third-order valence-corrected chi connectivity index (χ3v) is 5.55. The molecule has 0 bridgehead atoms. The van der Waals surface area contributed by atoms with Crippen LogP contribution in [0.5, 0.6) is 0 Å². The van der Waals surface area contributed by atoms with Gasteiger partial charge in [-0.3, -0.25) is 9.48 Å². The van der Waals surface area contributed by atoms with Crippen molar-refractivity contribution in [3.63, 3.8) is 0 Å². The Balaban J connectivity index is 1.33. The van der Waals surface area contributed by atoms with Crippen LogP contribution in [0.1, 0.15) is 23.1 Å². The molecular weight excluding hydrogens is 342 g/mol. The molecule has 4 rings (SSSR count). The Labute approximate surface area is 157 Å². The van der Waals surface area contributed by atoms with E-state index in [0.29, 0.717) is 12.3 Å². The zero-order chi connectivity index (χ0) is 17.8. The first kappa shape index (κ1) is 16.9. The number of nitrogens with one attached hydrogen (secondary N) is 1. The number of amides is 1. The van der Waals surface area contributed by atoms with E-state index in [1.54, 1.807) is 18.0 Å². The molecule has 0 atom stereocenters. The zero-order valence-corrected chi connectivity index (χ0v) is 15.3. The van der Waals surface area contributed by atoms with Crippen molar-refractivity contribution in [3.8, 4) is 0 Å². The maximum atomic E-state index is 12.3. The highest BCUT2D eigenvalue weighted by atomic mass is 32.2. The molecule has 3 aromatic rings. The number of carbonyl (C=O) groups is 1. The first-order valence-corrected chi connectivity index (χ1v) is 9.86. The van der Waals surface area contributed by atoms with Gasteiger partial charge in [-0.15, -0.1) is 11.8 Å². The van der Waals surface area contributed by atoms with Crippen molar-refractivity contribution in [1.82, 2.24) is 9.78 Å². The number of thioether (sulfide) groups is 1. The van der Waals surface area contributed by atoms with Crippen molar-refractivity contribution < 1.29 is 4.79 Å². The molecule has 0 unspecified atom stereocenters. The molecular formula is C21H21N3OS. The van der Waals surface area contributed by atoms with Crippen molar-refractivity contribution in [2.24, 2.45) is 0 Å². The lowest BCUT2D eigenvalue weighted by Crippen LogP contribution is -2.14. The van der Waals surface area contributed by atoms with Gasteiger partial charge in [0.2, 0.25) is 5.91 Å². The number of fused-ring (bicyclic) bond motifs is 1. The monoisotopic (exact) mass is 363 g/mol. The van der Waals surface area contributed by atoms with Gasteiger partial charge in [-0.1, -0.05) is 18.2 Å². The smallest absolute Gasteiger partial charge is 0.234 e. The highest BCUT2D eigenvalue weighted by Gasteiger charge is 2.12. The van der Waals surface area contributed by atoms with Gasteiger partial charge in [0.1, 0.15) is 0 Å². The summed E-state index contributed by atoms with van der Waals surface area (Å²) in [5.41, 5.74) is 4.85. The summed E-state index contributed by atoms with van der Waals surface area (Å²) >= 11 is 1.60. The van der Waals surface area contributed by atoms with Crippen LogP contribution in [0.25, 0.3) is 0 Å². The van der Waals surface area contributed by atoms with Crippen molar-refractivity contribution in [1.29, 1.82) is 0 Å². The fraction of sp³-hybridized carbons (Fsp3) is 0.238. The highest BCUT2D eigenvalue weighted by molar-refractivity contribution is 8.00. The minimum absolute atomic E-state index is 0.0201. The van der Waals surface area contributed by atoms with Gasteiger partial charge in [-0.2, -0.15) is 5.10 Å². The number of rotatable bonds is 6. The molecule has 0 saturated heterocycles. The molecule has 26 heavy (non-hydrogen) atoms. The Morgan fingerprint density at radius 1 is 1.12 bits per heavy atom. The molecule has 2 aromatic carbocycles. The van der Waals surface area contributed by atoms with Crippen LogP contribution in [0.3, 0.4) is 0 Å². The minimum Gasteiger partial charge on any atom is -0.325 e. The number of aryl methyl sites for hydroxylation is 2. The molecule has 4 nitrogen and oxygen atoms in total. The Hall–Kier alpha value is -2.53. The second-order valence-corrected chi connectivity index (χ2v) is 7.57. The minimum atomic E-state index is 0.0201. The van der Waals surface area contributed by atoms with E-state index < -0.39 is 0 Å². The fourth-order valence-corrected chi connectivity index (χ4v) is 4.07. The summed E-state index contributed by atoms with van der Waals surface area (Å²) in [5.74, 6) is 0.439. The van der Waals surface area contributed by atoms with Crippen LogP contribution in [0.2, 0.25) is 0 Å². The normalized spacial score (nSPS) is 12.8. The average molecular weight is 363 g/mol. The van der Waals surface area contributed by atoms with Gasteiger partial charge in [0.25, 0.3) is 0 Å². The van der Waals surface area contributed by atoms with Crippen molar-refractivity contribution in [2.45, 2.75) is 30.7 Å². The third-order valence-electron chi connectivity index (χ3n) is 4.55. The molecule has 1 amide bonds. The van der Waals surface area contributed by atoms with E-state index in [0.717, 1.165) is 11.3 Å². The summed E-state index contributed by atoms with van der Waals surface area (Å²) in [7, 11) is 0. The molecule has 1 heterocycles. The molecule has 0 saturated carbocycles. The quantitative estimate of drug-likeness (QED) is 0.669. The molecule has 5 heteroatoms. The van der Waals surface area contributed by atoms with E-state index in [-0.39, 0.29) is 5.91 Å². The Kier molecular flexibility index (Phi) is 5.07. The van der Waals surface area contributed by atoms with Crippen molar-refractivity contribution in [3.05, 3.63) is 77.6 Å². The molecule has 1 aliphatic carbocycles. The first-order valence-electron chi connectivity index (χ1n) is 8.87. The summed E-state index contributed by atoms with van der Waals surface area (Å²) in [5, 5.41) is 7.21. The van der Waals surface area contributed by atoms with Crippen LogP contribution in [-0.2, 0) is 24.2 Å². The summed E-state index contributed by atoms with van der Waals surface area (Å²) in [6.45, 7) is 0.695. The van der Waals surface area contributed by atoms with Crippen molar-refractivity contribution >= 4 is 23.4 Å². The van der Waals surface area contributed by atoms with Gasteiger partial charge in [0.15, 0.2) is 0 Å². The van der Waals surface area contributed by atoms with Crippen LogP contribution >= 0.6 is 11.8 Å². The second kappa shape index (κ2) is 7.79. The fourth-order valence-electron chi connectivity index (χ4n) is 3.31. The maximum Gasteiger partial charge on any atom is 0.234 e. The lowest BCUT2D eigenvalue weighted by atomic mass is 10.1. The van der Waals surface area contributed by atoms with E-state index in [4.69, 9.17) is 0 Å². The summed E-state index contributed by atoms with van der Waals surface area (Å²) in [6.07, 6.45) is 7.30. The number of benzene rings is 2. The molecule has 0 aliphatic heterocycles. The molecule has 0 fully saturated rings. The maximum absolute atomic E-state index is 12.3. The van der Waals surface area contributed by atoms with Crippen LogP contribution in [0.4, 0.5) is 5.69 Å². The van der Waals surface area contributed by atoms with Crippen LogP contribution in [0.15, 0.2) is 65.8 Å². The predicted octanol–water partition coefficient (Wildman–Crippen LogP) is 4.15. The standard InChI is InChI=1S/C21H21N3OS/c25-21(15-26-20-9-8-17-5-2-6-18(17)13-20)23-19-7-1-4-16(12-19)14-24-11-3-10-22-24/h1,3-4,7-13H,2,5-6,14-15H2,(H,23,25). The van der Waals surface area contributed by atoms with Gasteiger partial charge in [-0.05, 0) is 66.3 Å². The van der Waals surface area contributed by atoms with Crippen LogP contribution in [0, 0.1) is 0 Å². The summed E-state index contributed by atoms with van der Waals surface area (Å²) in [4.78, 5) is 13.5. The van der Waals surface area contributed by atoms with E-state index >= 15 is 0 Å². The largest absolute Gasteiger partial charge is 0.325 e. The number of anilines is 1. The van der Waals surface area contributed by atoms with Gasteiger partial charge in [-0.25, -0.2) is 0 Å². The van der Waals surface area contributed by atoms with E-state index in [2.05, 4.69) is 28.6 Å². The topological polar surface area (TPSA) is 46.9 Å². The molecule has 1 N–H and O–H groups in total. The van der Waals surface area contributed by atoms with Crippen LogP contribution < -0.4 is 5.32 Å². The Morgan fingerprint density at radius 2 is 2.04 bits per heavy atom. The van der Waals surface area contributed by atoms with Gasteiger partial charge in [0.05, 0.1) is 12.3 Å². The van der Waals surface area contributed by atoms with E-state index in [1.165, 1.54) is 35.3 Å². The second-order valence-electron chi connectivity index (χ2n) is 6.52. The third kappa shape index (κ3) is 4.17. The summed E-state index contributed by atoms with van der Waals surface area (Å²) in [6, 6.07) is 16.4. The number of carbonyl (C=O) groups excluding carboxylic acids is 1. The number of hydrogen-bond donors (Lipinski definition) is 1. The van der Waals surface area contributed by atoms with Crippen molar-refractivity contribution in [2.75, 3.05) is 11.1 Å². The van der Waals surface area contributed by atoms with Crippen LogP contribution in [-0.4, -0.2) is 21.4 Å². The Morgan fingerprint density at radius 3 is 2.92 bits per heavy atom. The first-order chi connectivity index (χ1) is 12.8.